The molecule has 0 aromatic heterocycles. The lowest BCUT2D eigenvalue weighted by Gasteiger charge is -2.35. The van der Waals surface area contributed by atoms with Crippen LogP contribution in [0.1, 0.15) is 20.8 Å². The SMILES string of the molecule is CC(C)(C)C(C(=O)NCCOCCOCCOCCOCCOC(N)=O)N1C(=O)C=CC1=O. The molecule has 0 bridgehead atoms. The Hall–Kier alpha value is -2.54. The number of rotatable bonds is 17. The first-order valence-corrected chi connectivity index (χ1v) is 10.7. The van der Waals surface area contributed by atoms with Gasteiger partial charge in [-0.3, -0.25) is 19.3 Å². The molecule has 3 N–H and O–H groups in total. The number of nitrogens with one attached hydrogen (secondary N) is 1. The molecule has 1 atom stereocenters. The molecule has 188 valence electrons. The minimum Gasteiger partial charge on any atom is -0.447 e. The predicted molar refractivity (Wildman–Crippen MR) is 116 cm³/mol. The van der Waals surface area contributed by atoms with Crippen molar-refractivity contribution in [3.05, 3.63) is 12.2 Å². The molecule has 4 amide bonds. The minimum absolute atomic E-state index is 0.106. The van der Waals surface area contributed by atoms with Crippen LogP contribution in [0.25, 0.3) is 0 Å². The summed E-state index contributed by atoms with van der Waals surface area (Å²) in [6.45, 7) is 8.49. The van der Waals surface area contributed by atoms with Crippen molar-refractivity contribution in [1.29, 1.82) is 0 Å². The summed E-state index contributed by atoms with van der Waals surface area (Å²) in [5.41, 5.74) is 4.19. The lowest BCUT2D eigenvalue weighted by molar-refractivity contribution is -0.149. The fraction of sp³-hybridized carbons (Fsp3) is 0.714. The van der Waals surface area contributed by atoms with Crippen LogP contribution in [0.15, 0.2) is 12.2 Å². The van der Waals surface area contributed by atoms with Crippen molar-refractivity contribution < 1.29 is 42.9 Å². The highest BCUT2D eigenvalue weighted by atomic mass is 16.6. The second-order valence-corrected chi connectivity index (χ2v) is 8.06. The molecule has 0 spiro atoms. The third-order valence-electron chi connectivity index (χ3n) is 4.30. The van der Waals surface area contributed by atoms with Crippen molar-refractivity contribution >= 4 is 23.8 Å². The van der Waals surface area contributed by atoms with Crippen molar-refractivity contribution in [3.8, 4) is 0 Å². The zero-order valence-electron chi connectivity index (χ0n) is 19.5. The van der Waals surface area contributed by atoms with Crippen molar-refractivity contribution in [2.75, 3.05) is 66.0 Å². The van der Waals surface area contributed by atoms with Gasteiger partial charge in [-0.1, -0.05) is 20.8 Å². The Morgan fingerprint density at radius 1 is 0.848 bits per heavy atom. The molecule has 0 aromatic rings. The lowest BCUT2D eigenvalue weighted by atomic mass is 9.85. The first-order chi connectivity index (χ1) is 15.6. The zero-order valence-corrected chi connectivity index (χ0v) is 19.5. The van der Waals surface area contributed by atoms with E-state index in [0.717, 1.165) is 4.90 Å². The van der Waals surface area contributed by atoms with Crippen LogP contribution in [0.2, 0.25) is 0 Å². The van der Waals surface area contributed by atoms with Gasteiger partial charge in [-0.25, -0.2) is 4.79 Å². The number of nitrogens with zero attached hydrogens (tertiary/aromatic N) is 1. The standard InChI is InChI=1S/C21H35N3O9/c1-21(2,3)18(24-16(25)4-5-17(24)26)19(27)23-6-7-29-8-9-30-10-11-31-12-13-32-14-15-33-20(22)28/h4-5,18H,6-15H2,1-3H3,(H2,22,28)(H,23,27). The number of primary amides is 1. The molecule has 1 unspecified atom stereocenters. The van der Waals surface area contributed by atoms with E-state index >= 15 is 0 Å². The molecule has 0 radical (unpaired) electrons. The van der Waals surface area contributed by atoms with Gasteiger partial charge in [0.25, 0.3) is 11.8 Å². The van der Waals surface area contributed by atoms with Gasteiger partial charge >= 0.3 is 6.09 Å². The molecule has 12 nitrogen and oxygen atoms in total. The van der Waals surface area contributed by atoms with Gasteiger partial charge < -0.3 is 34.7 Å². The normalized spacial score (nSPS) is 14.6. The fourth-order valence-electron chi connectivity index (χ4n) is 2.87. The molecule has 0 aliphatic carbocycles. The number of carbonyl (C=O) groups is 4. The van der Waals surface area contributed by atoms with Gasteiger partial charge in [-0.05, 0) is 5.41 Å². The second kappa shape index (κ2) is 15.3. The number of amides is 4. The molecule has 0 saturated heterocycles. The highest BCUT2D eigenvalue weighted by Gasteiger charge is 2.42. The summed E-state index contributed by atoms with van der Waals surface area (Å²) in [4.78, 5) is 47.9. The number of hydrogen-bond donors (Lipinski definition) is 2. The lowest BCUT2D eigenvalue weighted by Crippen LogP contribution is -2.56. The fourth-order valence-corrected chi connectivity index (χ4v) is 2.87. The zero-order chi connectivity index (χ0) is 24.7. The summed E-state index contributed by atoms with van der Waals surface area (Å²) in [7, 11) is 0. The van der Waals surface area contributed by atoms with E-state index in [4.69, 9.17) is 24.7 Å². The Balaban J connectivity index is 2.03. The average molecular weight is 474 g/mol. The van der Waals surface area contributed by atoms with Gasteiger partial charge in [-0.2, -0.15) is 0 Å². The first-order valence-electron chi connectivity index (χ1n) is 10.7. The van der Waals surface area contributed by atoms with Crippen LogP contribution in [0.4, 0.5) is 4.79 Å². The summed E-state index contributed by atoms with van der Waals surface area (Å²) in [5.74, 6) is -1.39. The van der Waals surface area contributed by atoms with E-state index in [1.165, 1.54) is 12.2 Å². The molecular formula is C21H35N3O9. The molecule has 1 rings (SSSR count). The number of hydrogen-bond acceptors (Lipinski definition) is 9. The summed E-state index contributed by atoms with van der Waals surface area (Å²) in [6.07, 6.45) is 1.50. The molecule has 33 heavy (non-hydrogen) atoms. The van der Waals surface area contributed by atoms with Crippen molar-refractivity contribution in [1.82, 2.24) is 10.2 Å². The number of imide groups is 1. The van der Waals surface area contributed by atoms with E-state index in [2.05, 4.69) is 10.1 Å². The molecule has 12 heteroatoms. The highest BCUT2D eigenvalue weighted by molar-refractivity contribution is 6.15. The first kappa shape index (κ1) is 28.5. The van der Waals surface area contributed by atoms with Crippen LogP contribution in [0.5, 0.6) is 0 Å². The average Bonchev–Trinajstić information content (AvgIpc) is 3.05. The predicted octanol–water partition coefficient (Wildman–Crippen LogP) is -0.396. The topological polar surface area (TPSA) is 156 Å². The maximum Gasteiger partial charge on any atom is 0.404 e. The van der Waals surface area contributed by atoms with Crippen LogP contribution in [0.3, 0.4) is 0 Å². The smallest absolute Gasteiger partial charge is 0.404 e. The van der Waals surface area contributed by atoms with Gasteiger partial charge in [0.05, 0.1) is 52.9 Å². The monoisotopic (exact) mass is 473 g/mol. The Bertz CT molecular complexity index is 658. The minimum atomic E-state index is -0.912. The molecule has 0 aromatic carbocycles. The maximum atomic E-state index is 12.6. The molecular weight excluding hydrogens is 438 g/mol. The van der Waals surface area contributed by atoms with Crippen molar-refractivity contribution in [2.45, 2.75) is 26.8 Å². The molecule has 0 fully saturated rings. The molecule has 1 heterocycles. The Morgan fingerprint density at radius 2 is 1.27 bits per heavy atom. The van der Waals surface area contributed by atoms with E-state index < -0.39 is 35.3 Å². The van der Waals surface area contributed by atoms with Gasteiger partial charge in [-0.15, -0.1) is 0 Å². The Morgan fingerprint density at radius 3 is 1.70 bits per heavy atom. The molecule has 1 aliphatic heterocycles. The van der Waals surface area contributed by atoms with Crippen LogP contribution < -0.4 is 11.1 Å². The van der Waals surface area contributed by atoms with Gasteiger partial charge in [0.1, 0.15) is 12.6 Å². The number of nitrogens with two attached hydrogens (primary N) is 1. The summed E-state index contributed by atoms with van der Waals surface area (Å²) in [6, 6.07) is -0.912. The second-order valence-electron chi connectivity index (χ2n) is 8.06. The molecule has 0 saturated carbocycles. The van der Waals surface area contributed by atoms with Crippen LogP contribution in [-0.4, -0.2) is 101 Å². The van der Waals surface area contributed by atoms with E-state index in [1.807, 2.05) is 0 Å². The van der Waals surface area contributed by atoms with Gasteiger partial charge in [0.2, 0.25) is 5.91 Å². The van der Waals surface area contributed by atoms with Crippen LogP contribution in [0, 0.1) is 5.41 Å². The van der Waals surface area contributed by atoms with Crippen molar-refractivity contribution in [3.63, 3.8) is 0 Å². The number of carbonyl (C=O) groups excluding carboxylic acids is 4. The third kappa shape index (κ3) is 11.8. The Kier molecular flexibility index (Phi) is 13.2. The Labute approximate surface area is 193 Å². The third-order valence-corrected chi connectivity index (χ3v) is 4.30. The van der Waals surface area contributed by atoms with Crippen LogP contribution >= 0.6 is 0 Å². The maximum absolute atomic E-state index is 12.6. The summed E-state index contributed by atoms with van der Waals surface area (Å²) in [5, 5.41) is 2.72. The largest absolute Gasteiger partial charge is 0.447 e. The van der Waals surface area contributed by atoms with Crippen molar-refractivity contribution in [2.24, 2.45) is 11.1 Å². The van der Waals surface area contributed by atoms with Gasteiger partial charge in [0.15, 0.2) is 0 Å². The van der Waals surface area contributed by atoms with E-state index in [1.54, 1.807) is 20.8 Å². The quantitative estimate of drug-likeness (QED) is 0.212. The van der Waals surface area contributed by atoms with Crippen LogP contribution in [-0.2, 0) is 38.1 Å². The summed E-state index contributed by atoms with van der Waals surface area (Å²) < 4.78 is 25.8. The number of ether oxygens (including phenoxy) is 5. The molecule has 1 aliphatic rings. The summed E-state index contributed by atoms with van der Waals surface area (Å²) >= 11 is 0. The van der Waals surface area contributed by atoms with E-state index in [0.29, 0.717) is 39.6 Å². The van der Waals surface area contributed by atoms with E-state index in [9.17, 15) is 19.2 Å². The van der Waals surface area contributed by atoms with E-state index in [-0.39, 0.29) is 26.4 Å². The highest BCUT2D eigenvalue weighted by Crippen LogP contribution is 2.27. The van der Waals surface area contributed by atoms with Gasteiger partial charge in [0, 0.05) is 18.7 Å².